The van der Waals surface area contributed by atoms with Crippen LogP contribution in [0.5, 0.6) is 5.75 Å². The lowest BCUT2D eigenvalue weighted by Crippen LogP contribution is -2.13. The Bertz CT molecular complexity index is 1030. The van der Waals surface area contributed by atoms with Crippen molar-refractivity contribution in [2.24, 2.45) is 5.14 Å². The highest BCUT2D eigenvalue weighted by Crippen LogP contribution is 2.17. The molecule has 6 nitrogen and oxygen atoms in total. The van der Waals surface area contributed by atoms with E-state index in [0.717, 1.165) is 10.8 Å². The number of rotatable bonds is 6. The van der Waals surface area contributed by atoms with Crippen LogP contribution in [0.25, 0.3) is 10.8 Å². The Morgan fingerprint density at radius 1 is 0.885 bits per heavy atom. The van der Waals surface area contributed by atoms with E-state index in [2.05, 4.69) is 0 Å². The molecule has 0 fully saturated rings. The molecule has 0 saturated carbocycles. The molecule has 3 rings (SSSR count). The van der Waals surface area contributed by atoms with Gasteiger partial charge in [0.15, 0.2) is 0 Å². The fourth-order valence-corrected chi connectivity index (χ4v) is 2.93. The molecule has 0 aliphatic carbocycles. The van der Waals surface area contributed by atoms with Crippen molar-refractivity contribution in [3.63, 3.8) is 0 Å². The molecule has 0 aromatic heterocycles. The average Bonchev–Trinajstić information content (AvgIpc) is 2.64. The summed E-state index contributed by atoms with van der Waals surface area (Å²) in [4.78, 5) is 12.1. The van der Waals surface area contributed by atoms with Crippen molar-refractivity contribution in [3.8, 4) is 5.75 Å². The van der Waals surface area contributed by atoms with E-state index >= 15 is 0 Å². The van der Waals surface area contributed by atoms with E-state index in [1.165, 1.54) is 24.3 Å². The molecule has 3 aromatic rings. The Labute approximate surface area is 151 Å². The molecule has 0 aliphatic rings. The third kappa shape index (κ3) is 4.38. The van der Waals surface area contributed by atoms with Gasteiger partial charge < -0.3 is 9.47 Å². The monoisotopic (exact) mass is 371 g/mol. The largest absolute Gasteiger partial charge is 0.490 e. The molecule has 0 spiro atoms. The number of carbonyl (C=O) groups excluding carboxylic acids is 1. The average molecular weight is 371 g/mol. The lowest BCUT2D eigenvalue weighted by molar-refractivity contribution is 0.0450. The third-order valence-corrected chi connectivity index (χ3v) is 4.65. The number of ether oxygens (including phenoxy) is 2. The summed E-state index contributed by atoms with van der Waals surface area (Å²) in [7, 11) is -3.73. The molecule has 0 bridgehead atoms. The summed E-state index contributed by atoms with van der Waals surface area (Å²) in [5.74, 6) is 0.0306. The van der Waals surface area contributed by atoms with Crippen LogP contribution in [-0.4, -0.2) is 27.6 Å². The van der Waals surface area contributed by atoms with Crippen LogP contribution in [0.2, 0.25) is 0 Å². The van der Waals surface area contributed by atoms with Crippen LogP contribution in [0.3, 0.4) is 0 Å². The molecule has 3 aromatic carbocycles. The molecule has 0 aliphatic heterocycles. The summed E-state index contributed by atoms with van der Waals surface area (Å²) in [6.07, 6.45) is 0. The lowest BCUT2D eigenvalue weighted by Gasteiger charge is -2.08. The third-order valence-electron chi connectivity index (χ3n) is 3.72. The van der Waals surface area contributed by atoms with Crippen molar-refractivity contribution < 1.29 is 22.7 Å². The first kappa shape index (κ1) is 17.9. The Kier molecular flexibility index (Phi) is 5.20. The number of carbonyl (C=O) groups is 1. The fourth-order valence-electron chi connectivity index (χ4n) is 2.42. The van der Waals surface area contributed by atoms with Crippen molar-refractivity contribution >= 4 is 26.8 Å². The second kappa shape index (κ2) is 7.55. The molecule has 0 radical (unpaired) electrons. The van der Waals surface area contributed by atoms with Crippen molar-refractivity contribution in [1.29, 1.82) is 0 Å². The lowest BCUT2D eigenvalue weighted by atomic mass is 10.1. The van der Waals surface area contributed by atoms with Crippen LogP contribution in [0.1, 0.15) is 10.4 Å². The van der Waals surface area contributed by atoms with Gasteiger partial charge in [-0.1, -0.05) is 30.3 Å². The molecule has 0 amide bonds. The summed E-state index contributed by atoms with van der Waals surface area (Å²) in [5, 5.41) is 7.04. The standard InChI is InChI=1S/C19H17NO5S/c20-26(22,23)18-9-7-17(8-10-18)24-11-12-25-19(21)16-6-5-14-3-1-2-4-15(14)13-16/h1-10,13H,11-12H2,(H2,20,22,23). The number of benzene rings is 3. The van der Waals surface area contributed by atoms with Crippen molar-refractivity contribution in [3.05, 3.63) is 72.3 Å². The summed E-state index contributed by atoms with van der Waals surface area (Å²) < 4.78 is 33.0. The summed E-state index contributed by atoms with van der Waals surface area (Å²) >= 11 is 0. The molecule has 0 saturated heterocycles. The van der Waals surface area contributed by atoms with Gasteiger partial charge in [0.1, 0.15) is 19.0 Å². The fraction of sp³-hybridized carbons (Fsp3) is 0.105. The highest BCUT2D eigenvalue weighted by molar-refractivity contribution is 7.89. The quantitative estimate of drug-likeness (QED) is 0.531. The second-order valence-corrected chi connectivity index (χ2v) is 7.12. The minimum absolute atomic E-state index is 0.00702. The van der Waals surface area contributed by atoms with Gasteiger partial charge in [-0.3, -0.25) is 0 Å². The number of primary sulfonamides is 1. The van der Waals surface area contributed by atoms with Crippen LogP contribution in [0.4, 0.5) is 0 Å². The number of esters is 1. The van der Waals surface area contributed by atoms with Gasteiger partial charge in [0.2, 0.25) is 10.0 Å². The van der Waals surface area contributed by atoms with E-state index in [1.54, 1.807) is 12.1 Å². The Hall–Kier alpha value is -2.90. The van der Waals surface area contributed by atoms with Gasteiger partial charge in [-0.2, -0.15) is 0 Å². The van der Waals surface area contributed by atoms with Crippen LogP contribution in [0, 0.1) is 0 Å². The van der Waals surface area contributed by atoms with Crippen LogP contribution >= 0.6 is 0 Å². The molecule has 0 atom stereocenters. The van der Waals surface area contributed by atoms with E-state index in [4.69, 9.17) is 14.6 Å². The van der Waals surface area contributed by atoms with Gasteiger partial charge in [0.25, 0.3) is 0 Å². The zero-order chi connectivity index (χ0) is 18.6. The maximum atomic E-state index is 12.1. The molecule has 0 heterocycles. The number of nitrogens with two attached hydrogens (primary N) is 1. The summed E-state index contributed by atoms with van der Waals surface area (Å²) in [5.41, 5.74) is 0.473. The Morgan fingerprint density at radius 2 is 1.58 bits per heavy atom. The normalized spacial score (nSPS) is 11.3. The van der Waals surface area contributed by atoms with Crippen LogP contribution in [0.15, 0.2) is 71.6 Å². The molecule has 0 unspecified atom stereocenters. The first-order valence-electron chi connectivity index (χ1n) is 7.85. The van der Waals surface area contributed by atoms with Gasteiger partial charge in [-0.05, 0) is 47.2 Å². The van der Waals surface area contributed by atoms with Gasteiger partial charge >= 0.3 is 5.97 Å². The van der Waals surface area contributed by atoms with Crippen molar-refractivity contribution in [2.75, 3.05) is 13.2 Å². The van der Waals surface area contributed by atoms with E-state index in [-0.39, 0.29) is 18.1 Å². The minimum Gasteiger partial charge on any atom is -0.490 e. The van der Waals surface area contributed by atoms with Crippen molar-refractivity contribution in [1.82, 2.24) is 0 Å². The highest BCUT2D eigenvalue weighted by Gasteiger charge is 2.09. The maximum absolute atomic E-state index is 12.1. The summed E-state index contributed by atoms with van der Waals surface area (Å²) in [6.45, 7) is 0.219. The van der Waals surface area contributed by atoms with Gasteiger partial charge in [0, 0.05) is 0 Å². The van der Waals surface area contributed by atoms with E-state index in [1.807, 2.05) is 30.3 Å². The van der Waals surface area contributed by atoms with E-state index < -0.39 is 16.0 Å². The Balaban J connectivity index is 1.52. The van der Waals surface area contributed by atoms with Crippen molar-refractivity contribution in [2.45, 2.75) is 4.90 Å². The number of hydrogen-bond acceptors (Lipinski definition) is 5. The second-order valence-electron chi connectivity index (χ2n) is 5.56. The first-order valence-corrected chi connectivity index (χ1v) is 9.40. The molecular formula is C19H17NO5S. The zero-order valence-corrected chi connectivity index (χ0v) is 14.6. The SMILES string of the molecule is NS(=O)(=O)c1ccc(OCCOC(=O)c2ccc3ccccc3c2)cc1. The smallest absolute Gasteiger partial charge is 0.338 e. The molecule has 7 heteroatoms. The number of hydrogen-bond donors (Lipinski definition) is 1. The minimum atomic E-state index is -3.73. The Morgan fingerprint density at radius 3 is 2.27 bits per heavy atom. The molecular weight excluding hydrogens is 354 g/mol. The number of fused-ring (bicyclic) bond motifs is 1. The van der Waals surface area contributed by atoms with Crippen LogP contribution in [-0.2, 0) is 14.8 Å². The predicted octanol–water partition coefficient (Wildman–Crippen LogP) is 2.72. The predicted molar refractivity (Wildman–Crippen MR) is 97.5 cm³/mol. The molecule has 2 N–H and O–H groups in total. The maximum Gasteiger partial charge on any atom is 0.338 e. The zero-order valence-electron chi connectivity index (χ0n) is 13.8. The van der Waals surface area contributed by atoms with Gasteiger partial charge in [0.05, 0.1) is 10.5 Å². The molecule has 134 valence electrons. The first-order chi connectivity index (χ1) is 12.4. The van der Waals surface area contributed by atoms with Gasteiger partial charge in [-0.15, -0.1) is 0 Å². The van der Waals surface area contributed by atoms with E-state index in [9.17, 15) is 13.2 Å². The highest BCUT2D eigenvalue weighted by atomic mass is 32.2. The van der Waals surface area contributed by atoms with Crippen LogP contribution < -0.4 is 9.88 Å². The van der Waals surface area contributed by atoms with Gasteiger partial charge in [-0.25, -0.2) is 18.4 Å². The number of sulfonamides is 1. The molecule has 26 heavy (non-hydrogen) atoms. The topological polar surface area (TPSA) is 95.7 Å². The van der Waals surface area contributed by atoms with E-state index in [0.29, 0.717) is 11.3 Å². The summed E-state index contributed by atoms with van der Waals surface area (Å²) in [6, 6.07) is 18.8.